The summed E-state index contributed by atoms with van der Waals surface area (Å²) < 4.78 is 5.17. The largest absolute Gasteiger partial charge is 0.385 e. The lowest BCUT2D eigenvalue weighted by Crippen LogP contribution is -2.29. The van der Waals surface area contributed by atoms with Crippen molar-refractivity contribution in [1.29, 1.82) is 0 Å². The van der Waals surface area contributed by atoms with Crippen LogP contribution in [0.2, 0.25) is 0 Å². The second-order valence-electron chi connectivity index (χ2n) is 5.62. The molecule has 2 aliphatic carbocycles. The van der Waals surface area contributed by atoms with E-state index in [0.29, 0.717) is 0 Å². The maximum absolute atomic E-state index is 5.17. The van der Waals surface area contributed by atoms with E-state index in [1.54, 1.807) is 0 Å². The molecule has 2 aliphatic rings. The van der Waals surface area contributed by atoms with Crippen molar-refractivity contribution in [2.45, 2.75) is 57.4 Å². The molecule has 0 aromatic carbocycles. The standard InChI is InChI=1S/C14H27NO/c1-16-10-4-7-13(11-15-14-8-9-14)12-5-2-3-6-12/h12-15H,2-11H2,1H3. The second kappa shape index (κ2) is 6.61. The molecule has 0 aromatic rings. The van der Waals surface area contributed by atoms with Crippen LogP contribution in [0, 0.1) is 11.8 Å². The lowest BCUT2D eigenvalue weighted by molar-refractivity contribution is 0.178. The molecule has 0 heterocycles. The first-order chi connectivity index (χ1) is 7.90. The van der Waals surface area contributed by atoms with Gasteiger partial charge in [-0.15, -0.1) is 0 Å². The second-order valence-corrected chi connectivity index (χ2v) is 5.62. The van der Waals surface area contributed by atoms with Crippen molar-refractivity contribution >= 4 is 0 Å². The Balaban J connectivity index is 1.69. The molecule has 0 radical (unpaired) electrons. The average molecular weight is 225 g/mol. The van der Waals surface area contributed by atoms with Crippen molar-refractivity contribution in [1.82, 2.24) is 5.32 Å². The molecule has 1 N–H and O–H groups in total. The molecular weight excluding hydrogens is 198 g/mol. The lowest BCUT2D eigenvalue weighted by atomic mass is 9.87. The molecule has 2 heteroatoms. The van der Waals surface area contributed by atoms with Crippen LogP contribution in [-0.2, 0) is 4.74 Å². The van der Waals surface area contributed by atoms with E-state index in [-0.39, 0.29) is 0 Å². The van der Waals surface area contributed by atoms with E-state index >= 15 is 0 Å². The molecule has 1 atom stereocenters. The maximum atomic E-state index is 5.17. The molecule has 16 heavy (non-hydrogen) atoms. The number of ether oxygens (including phenoxy) is 1. The monoisotopic (exact) mass is 225 g/mol. The number of nitrogens with one attached hydrogen (secondary N) is 1. The van der Waals surface area contributed by atoms with Gasteiger partial charge in [0.1, 0.15) is 0 Å². The normalized spacial score (nSPS) is 23.8. The van der Waals surface area contributed by atoms with Crippen molar-refractivity contribution in [3.63, 3.8) is 0 Å². The first-order valence-electron chi connectivity index (χ1n) is 7.12. The summed E-state index contributed by atoms with van der Waals surface area (Å²) in [6.45, 7) is 2.20. The molecule has 2 rings (SSSR count). The van der Waals surface area contributed by atoms with Crippen LogP contribution in [0.5, 0.6) is 0 Å². The Labute approximate surface area is 100 Å². The Bertz CT molecular complexity index is 185. The smallest absolute Gasteiger partial charge is 0.0462 e. The van der Waals surface area contributed by atoms with Crippen LogP contribution in [0.15, 0.2) is 0 Å². The molecular formula is C14H27NO. The summed E-state index contributed by atoms with van der Waals surface area (Å²) in [5.74, 6) is 1.92. The predicted molar refractivity (Wildman–Crippen MR) is 67.6 cm³/mol. The zero-order valence-electron chi connectivity index (χ0n) is 10.7. The Hall–Kier alpha value is -0.0800. The van der Waals surface area contributed by atoms with E-state index in [4.69, 9.17) is 4.74 Å². The molecule has 0 aliphatic heterocycles. The van der Waals surface area contributed by atoms with Crippen molar-refractivity contribution in [2.24, 2.45) is 11.8 Å². The third kappa shape index (κ3) is 4.06. The van der Waals surface area contributed by atoms with Crippen LogP contribution in [0.25, 0.3) is 0 Å². The van der Waals surface area contributed by atoms with E-state index < -0.39 is 0 Å². The van der Waals surface area contributed by atoms with E-state index in [0.717, 1.165) is 24.5 Å². The average Bonchev–Trinajstić information content (AvgIpc) is 2.96. The molecule has 94 valence electrons. The van der Waals surface area contributed by atoms with Crippen LogP contribution in [-0.4, -0.2) is 26.3 Å². The predicted octanol–water partition coefficient (Wildman–Crippen LogP) is 2.97. The maximum Gasteiger partial charge on any atom is 0.0462 e. The topological polar surface area (TPSA) is 21.3 Å². The van der Waals surface area contributed by atoms with Gasteiger partial charge in [0.05, 0.1) is 0 Å². The SMILES string of the molecule is COCCCC(CNC1CC1)C1CCCC1. The molecule has 2 nitrogen and oxygen atoms in total. The summed E-state index contributed by atoms with van der Waals surface area (Å²) in [5, 5.41) is 3.72. The van der Waals surface area contributed by atoms with Gasteiger partial charge in [-0.05, 0) is 44.1 Å². The van der Waals surface area contributed by atoms with Gasteiger partial charge in [-0.2, -0.15) is 0 Å². The van der Waals surface area contributed by atoms with Gasteiger partial charge < -0.3 is 10.1 Å². The van der Waals surface area contributed by atoms with Gasteiger partial charge in [-0.1, -0.05) is 25.7 Å². The van der Waals surface area contributed by atoms with Crippen molar-refractivity contribution in [3.05, 3.63) is 0 Å². The van der Waals surface area contributed by atoms with E-state index in [1.807, 2.05) is 7.11 Å². The highest BCUT2D eigenvalue weighted by atomic mass is 16.5. The molecule has 0 aromatic heterocycles. The first kappa shape index (κ1) is 12.4. The van der Waals surface area contributed by atoms with Crippen LogP contribution < -0.4 is 5.32 Å². The van der Waals surface area contributed by atoms with Gasteiger partial charge in [0.25, 0.3) is 0 Å². The van der Waals surface area contributed by atoms with Gasteiger partial charge in [0.2, 0.25) is 0 Å². The lowest BCUT2D eigenvalue weighted by Gasteiger charge is -2.23. The van der Waals surface area contributed by atoms with Crippen molar-refractivity contribution in [2.75, 3.05) is 20.3 Å². The summed E-state index contributed by atoms with van der Waals surface area (Å²) in [6.07, 6.45) is 11.3. The molecule has 0 saturated heterocycles. The minimum absolute atomic E-state index is 0.867. The molecule has 0 amide bonds. The Morgan fingerprint density at radius 3 is 2.56 bits per heavy atom. The number of methoxy groups -OCH3 is 1. The quantitative estimate of drug-likeness (QED) is 0.641. The highest BCUT2D eigenvalue weighted by molar-refractivity contribution is 4.84. The summed E-state index contributed by atoms with van der Waals surface area (Å²) >= 11 is 0. The Morgan fingerprint density at radius 2 is 1.94 bits per heavy atom. The van der Waals surface area contributed by atoms with Crippen LogP contribution in [0.4, 0.5) is 0 Å². The molecule has 2 fully saturated rings. The summed E-state index contributed by atoms with van der Waals surface area (Å²) in [4.78, 5) is 0. The van der Waals surface area contributed by atoms with E-state index in [2.05, 4.69) is 5.32 Å². The summed E-state index contributed by atoms with van der Waals surface area (Å²) in [6, 6.07) is 0.867. The Kier molecular flexibility index (Phi) is 5.11. The first-order valence-corrected chi connectivity index (χ1v) is 7.12. The molecule has 1 unspecified atom stereocenters. The van der Waals surface area contributed by atoms with Crippen molar-refractivity contribution in [3.8, 4) is 0 Å². The minimum atomic E-state index is 0.867. The van der Waals surface area contributed by atoms with Crippen molar-refractivity contribution < 1.29 is 4.74 Å². The van der Waals surface area contributed by atoms with Gasteiger partial charge in [-0.3, -0.25) is 0 Å². The van der Waals surface area contributed by atoms with Crippen LogP contribution in [0.1, 0.15) is 51.4 Å². The highest BCUT2D eigenvalue weighted by Gasteiger charge is 2.27. The van der Waals surface area contributed by atoms with Gasteiger partial charge >= 0.3 is 0 Å². The number of hydrogen-bond donors (Lipinski definition) is 1. The molecule has 0 bridgehead atoms. The zero-order chi connectivity index (χ0) is 11.2. The Morgan fingerprint density at radius 1 is 1.19 bits per heavy atom. The van der Waals surface area contributed by atoms with Gasteiger partial charge in [0.15, 0.2) is 0 Å². The zero-order valence-corrected chi connectivity index (χ0v) is 10.7. The fraction of sp³-hybridized carbons (Fsp3) is 1.00. The number of hydrogen-bond acceptors (Lipinski definition) is 2. The van der Waals surface area contributed by atoms with E-state index in [1.165, 1.54) is 57.9 Å². The third-order valence-electron chi connectivity index (χ3n) is 4.24. The third-order valence-corrected chi connectivity index (χ3v) is 4.24. The summed E-state index contributed by atoms with van der Waals surface area (Å²) in [5.41, 5.74) is 0. The fourth-order valence-electron chi connectivity index (χ4n) is 3.03. The molecule has 0 spiro atoms. The van der Waals surface area contributed by atoms with Gasteiger partial charge in [0, 0.05) is 19.8 Å². The van der Waals surface area contributed by atoms with Crippen LogP contribution >= 0.6 is 0 Å². The molecule has 2 saturated carbocycles. The summed E-state index contributed by atoms with van der Waals surface area (Å²) in [7, 11) is 1.81. The minimum Gasteiger partial charge on any atom is -0.385 e. The fourth-order valence-corrected chi connectivity index (χ4v) is 3.03. The highest BCUT2D eigenvalue weighted by Crippen LogP contribution is 2.34. The van der Waals surface area contributed by atoms with Crippen LogP contribution in [0.3, 0.4) is 0 Å². The van der Waals surface area contributed by atoms with E-state index in [9.17, 15) is 0 Å². The number of rotatable bonds is 8. The van der Waals surface area contributed by atoms with Gasteiger partial charge in [-0.25, -0.2) is 0 Å².